The summed E-state index contributed by atoms with van der Waals surface area (Å²) >= 11 is 0. The van der Waals surface area contributed by atoms with Crippen molar-refractivity contribution in [1.29, 1.82) is 0 Å². The summed E-state index contributed by atoms with van der Waals surface area (Å²) in [5.41, 5.74) is 7.48. The van der Waals surface area contributed by atoms with Crippen molar-refractivity contribution in [3.8, 4) is 33.9 Å². The molecular formula is C20H15N7. The molecule has 5 aromatic rings. The first-order valence-electron chi connectivity index (χ1n) is 8.50. The number of pyridine rings is 3. The molecule has 7 heteroatoms. The van der Waals surface area contributed by atoms with Crippen LogP contribution in [0.1, 0.15) is 5.56 Å². The largest absolute Gasteiger partial charge is 0.335 e. The Morgan fingerprint density at radius 1 is 0.852 bits per heavy atom. The standard InChI is InChI=1S/C20H15N7/c1-12-2-5-22-9-14(12)16-8-17(27-26-16)20-24-18-11-23-10-15(19(18)25-20)13-3-6-21-7-4-13/h2-11H,1H3,(H,24,25)(H,26,27). The Hall–Kier alpha value is -3.87. The van der Waals surface area contributed by atoms with Gasteiger partial charge in [-0.05, 0) is 42.3 Å². The van der Waals surface area contributed by atoms with Crippen LogP contribution in [0.4, 0.5) is 0 Å². The molecule has 5 aromatic heterocycles. The van der Waals surface area contributed by atoms with Crippen LogP contribution >= 0.6 is 0 Å². The summed E-state index contributed by atoms with van der Waals surface area (Å²) in [4.78, 5) is 20.7. The van der Waals surface area contributed by atoms with E-state index >= 15 is 0 Å². The average molecular weight is 353 g/mol. The highest BCUT2D eigenvalue weighted by atomic mass is 15.1. The first-order valence-corrected chi connectivity index (χ1v) is 8.50. The van der Waals surface area contributed by atoms with Gasteiger partial charge in [0.1, 0.15) is 5.69 Å². The maximum Gasteiger partial charge on any atom is 0.156 e. The average Bonchev–Trinajstić information content (AvgIpc) is 3.36. The predicted molar refractivity (Wildman–Crippen MR) is 103 cm³/mol. The molecule has 27 heavy (non-hydrogen) atoms. The van der Waals surface area contributed by atoms with E-state index in [1.807, 2.05) is 43.6 Å². The van der Waals surface area contributed by atoms with E-state index in [2.05, 4.69) is 30.1 Å². The summed E-state index contributed by atoms with van der Waals surface area (Å²) in [6.07, 6.45) is 10.7. The quantitative estimate of drug-likeness (QED) is 0.514. The molecule has 0 aliphatic rings. The van der Waals surface area contributed by atoms with Crippen LogP contribution in [0.2, 0.25) is 0 Å². The van der Waals surface area contributed by atoms with Gasteiger partial charge in [0.15, 0.2) is 5.82 Å². The lowest BCUT2D eigenvalue weighted by molar-refractivity contribution is 1.08. The Morgan fingerprint density at radius 2 is 1.67 bits per heavy atom. The molecule has 0 spiro atoms. The third kappa shape index (κ3) is 2.65. The smallest absolute Gasteiger partial charge is 0.156 e. The molecule has 0 radical (unpaired) electrons. The predicted octanol–water partition coefficient (Wildman–Crippen LogP) is 3.78. The van der Waals surface area contributed by atoms with Gasteiger partial charge in [0.2, 0.25) is 0 Å². The van der Waals surface area contributed by atoms with Gasteiger partial charge < -0.3 is 4.98 Å². The summed E-state index contributed by atoms with van der Waals surface area (Å²) in [5, 5.41) is 7.49. The normalized spacial score (nSPS) is 11.1. The zero-order chi connectivity index (χ0) is 18.2. The number of aryl methyl sites for hydroxylation is 1. The van der Waals surface area contributed by atoms with Crippen LogP contribution in [0.25, 0.3) is 44.9 Å². The lowest BCUT2D eigenvalue weighted by Gasteiger charge is -2.00. The maximum atomic E-state index is 4.79. The molecule has 0 atom stereocenters. The van der Waals surface area contributed by atoms with Gasteiger partial charge in [0.05, 0.1) is 22.9 Å². The molecule has 130 valence electrons. The van der Waals surface area contributed by atoms with Gasteiger partial charge in [-0.2, -0.15) is 5.10 Å². The van der Waals surface area contributed by atoms with Crippen molar-refractivity contribution in [3.63, 3.8) is 0 Å². The second-order valence-electron chi connectivity index (χ2n) is 6.26. The van der Waals surface area contributed by atoms with Crippen molar-refractivity contribution in [2.45, 2.75) is 6.92 Å². The van der Waals surface area contributed by atoms with Crippen LogP contribution in [0.15, 0.2) is 61.4 Å². The van der Waals surface area contributed by atoms with E-state index in [9.17, 15) is 0 Å². The number of aromatic amines is 2. The van der Waals surface area contributed by atoms with E-state index in [1.165, 1.54) is 0 Å². The van der Waals surface area contributed by atoms with E-state index in [4.69, 9.17) is 4.98 Å². The van der Waals surface area contributed by atoms with Gasteiger partial charge >= 0.3 is 0 Å². The third-order valence-electron chi connectivity index (χ3n) is 4.53. The molecule has 0 amide bonds. The fraction of sp³-hybridized carbons (Fsp3) is 0.0500. The van der Waals surface area contributed by atoms with Gasteiger partial charge in [-0.15, -0.1) is 0 Å². The third-order valence-corrected chi connectivity index (χ3v) is 4.53. The van der Waals surface area contributed by atoms with Crippen molar-refractivity contribution in [3.05, 3.63) is 67.0 Å². The highest BCUT2D eigenvalue weighted by Crippen LogP contribution is 2.29. The van der Waals surface area contributed by atoms with Crippen molar-refractivity contribution in [1.82, 2.24) is 35.1 Å². The number of nitrogens with zero attached hydrogens (tertiary/aromatic N) is 5. The molecule has 0 fully saturated rings. The van der Waals surface area contributed by atoms with Gasteiger partial charge in [-0.25, -0.2) is 4.98 Å². The Morgan fingerprint density at radius 3 is 2.52 bits per heavy atom. The summed E-state index contributed by atoms with van der Waals surface area (Å²) in [6, 6.07) is 7.84. The molecule has 0 aliphatic carbocycles. The van der Waals surface area contributed by atoms with E-state index in [0.29, 0.717) is 5.82 Å². The molecule has 7 nitrogen and oxygen atoms in total. The molecule has 0 unspecified atom stereocenters. The second-order valence-corrected chi connectivity index (χ2v) is 6.26. The van der Waals surface area contributed by atoms with Crippen molar-refractivity contribution in [2.24, 2.45) is 0 Å². The minimum atomic E-state index is 0.716. The van der Waals surface area contributed by atoms with E-state index in [0.717, 1.165) is 44.7 Å². The van der Waals surface area contributed by atoms with E-state index in [1.54, 1.807) is 24.8 Å². The number of fused-ring (bicyclic) bond motifs is 1. The lowest BCUT2D eigenvalue weighted by atomic mass is 10.1. The first kappa shape index (κ1) is 15.4. The van der Waals surface area contributed by atoms with Gasteiger partial charge in [0.25, 0.3) is 0 Å². The van der Waals surface area contributed by atoms with Gasteiger partial charge in [0, 0.05) is 42.1 Å². The number of nitrogens with one attached hydrogen (secondary N) is 2. The summed E-state index contributed by atoms with van der Waals surface area (Å²) in [7, 11) is 0. The fourth-order valence-electron chi connectivity index (χ4n) is 3.12. The first-order chi connectivity index (χ1) is 13.3. The molecule has 5 rings (SSSR count). The molecular weight excluding hydrogens is 338 g/mol. The SMILES string of the molecule is Cc1ccncc1-c1cc(-c2nc3c(-c4ccncc4)cncc3[nH]2)[nH]n1. The minimum absolute atomic E-state index is 0.716. The molecule has 0 saturated carbocycles. The maximum absolute atomic E-state index is 4.79. The Kier molecular flexibility index (Phi) is 3.50. The number of rotatable bonds is 3. The number of aromatic nitrogens is 7. The number of imidazole rings is 1. The van der Waals surface area contributed by atoms with Gasteiger partial charge in [-0.3, -0.25) is 20.1 Å². The Bertz CT molecular complexity index is 1240. The van der Waals surface area contributed by atoms with Crippen LogP contribution in [-0.4, -0.2) is 35.1 Å². The van der Waals surface area contributed by atoms with E-state index < -0.39 is 0 Å². The Balaban J connectivity index is 1.60. The van der Waals surface area contributed by atoms with Crippen LogP contribution < -0.4 is 0 Å². The summed E-state index contributed by atoms with van der Waals surface area (Å²) in [6.45, 7) is 2.04. The van der Waals surface area contributed by atoms with Crippen LogP contribution in [0.5, 0.6) is 0 Å². The highest BCUT2D eigenvalue weighted by Gasteiger charge is 2.14. The minimum Gasteiger partial charge on any atom is -0.335 e. The van der Waals surface area contributed by atoms with Crippen molar-refractivity contribution >= 4 is 11.0 Å². The molecule has 0 aliphatic heterocycles. The number of hydrogen-bond acceptors (Lipinski definition) is 5. The van der Waals surface area contributed by atoms with Crippen LogP contribution in [0, 0.1) is 6.92 Å². The molecule has 0 aromatic carbocycles. The zero-order valence-corrected chi connectivity index (χ0v) is 14.5. The molecule has 5 heterocycles. The van der Waals surface area contributed by atoms with Gasteiger partial charge in [-0.1, -0.05) is 0 Å². The Labute approximate surface area is 154 Å². The lowest BCUT2D eigenvalue weighted by Crippen LogP contribution is -1.84. The van der Waals surface area contributed by atoms with Crippen molar-refractivity contribution in [2.75, 3.05) is 0 Å². The van der Waals surface area contributed by atoms with Crippen LogP contribution in [0.3, 0.4) is 0 Å². The number of H-pyrrole nitrogens is 2. The zero-order valence-electron chi connectivity index (χ0n) is 14.5. The molecule has 2 N–H and O–H groups in total. The summed E-state index contributed by atoms with van der Waals surface area (Å²) in [5.74, 6) is 0.716. The second kappa shape index (κ2) is 6.14. The number of hydrogen-bond donors (Lipinski definition) is 2. The van der Waals surface area contributed by atoms with E-state index in [-0.39, 0.29) is 0 Å². The fourth-order valence-corrected chi connectivity index (χ4v) is 3.12. The topological polar surface area (TPSA) is 96.0 Å². The van der Waals surface area contributed by atoms with Crippen molar-refractivity contribution < 1.29 is 0 Å². The highest BCUT2D eigenvalue weighted by molar-refractivity contribution is 5.92. The monoisotopic (exact) mass is 353 g/mol. The molecule has 0 saturated heterocycles. The van der Waals surface area contributed by atoms with Crippen LogP contribution in [-0.2, 0) is 0 Å². The summed E-state index contributed by atoms with van der Waals surface area (Å²) < 4.78 is 0. The molecule has 0 bridgehead atoms.